The molecule has 0 atom stereocenters. The van der Waals surface area contributed by atoms with Crippen LogP contribution in [0.4, 0.5) is 0 Å². The molecule has 2 aromatic rings. The minimum atomic E-state index is 0.112. The first-order valence-corrected chi connectivity index (χ1v) is 12.2. The first-order valence-electron chi connectivity index (χ1n) is 12.2. The molecule has 1 saturated carbocycles. The average molecular weight is 436 g/mol. The minimum Gasteiger partial charge on any atom is -0.334 e. The predicted octanol–water partition coefficient (Wildman–Crippen LogP) is 2.74. The van der Waals surface area contributed by atoms with Crippen LogP contribution in [-0.4, -0.2) is 55.9 Å². The molecular formula is C25H33N5O2. The number of likely N-dealkylation sites (tertiary alicyclic amines) is 1. The SMILES string of the molecule is O=C(CN1CCC(c2cc(=O)n3c(n2)CCCCC3)CC1)N(Cc1ccncc1)C1CC1. The highest BCUT2D eigenvalue weighted by Gasteiger charge is 2.34. The van der Waals surface area contributed by atoms with Crippen molar-refractivity contribution in [3.8, 4) is 0 Å². The lowest BCUT2D eigenvalue weighted by atomic mass is 9.93. The Kier molecular flexibility index (Phi) is 6.35. The lowest BCUT2D eigenvalue weighted by Gasteiger charge is -2.33. The van der Waals surface area contributed by atoms with E-state index >= 15 is 0 Å². The molecule has 7 heteroatoms. The summed E-state index contributed by atoms with van der Waals surface area (Å²) in [6.45, 7) is 3.72. The van der Waals surface area contributed by atoms with Gasteiger partial charge in [0.2, 0.25) is 5.91 Å². The second-order valence-corrected chi connectivity index (χ2v) is 9.56. The van der Waals surface area contributed by atoms with Crippen molar-refractivity contribution in [3.63, 3.8) is 0 Å². The number of aromatic nitrogens is 3. The fourth-order valence-electron chi connectivity index (χ4n) is 5.10. The van der Waals surface area contributed by atoms with Gasteiger partial charge < -0.3 is 4.90 Å². The molecule has 0 N–H and O–H groups in total. The standard InChI is InChI=1S/C25H33N5O2/c31-24-16-22(27-23-4-2-1-3-13-29(23)24)20-9-14-28(15-10-20)18-25(32)30(21-5-6-21)17-19-7-11-26-12-8-19/h7-8,11-12,16,20-21H,1-6,9-10,13-15,17-18H2. The van der Waals surface area contributed by atoms with Crippen LogP contribution >= 0.6 is 0 Å². The Hall–Kier alpha value is -2.54. The molecule has 5 rings (SSSR count). The first-order chi connectivity index (χ1) is 15.7. The molecule has 32 heavy (non-hydrogen) atoms. The Balaban J connectivity index is 1.19. The van der Waals surface area contributed by atoms with E-state index in [9.17, 15) is 9.59 Å². The van der Waals surface area contributed by atoms with Crippen LogP contribution in [0, 0.1) is 0 Å². The fourth-order valence-corrected chi connectivity index (χ4v) is 5.10. The quantitative estimate of drug-likeness (QED) is 0.698. The van der Waals surface area contributed by atoms with E-state index in [1.54, 1.807) is 18.5 Å². The van der Waals surface area contributed by atoms with E-state index in [4.69, 9.17) is 4.98 Å². The van der Waals surface area contributed by atoms with Gasteiger partial charge in [0.05, 0.1) is 12.2 Å². The molecule has 4 heterocycles. The summed E-state index contributed by atoms with van der Waals surface area (Å²) in [4.78, 5) is 39.1. The van der Waals surface area contributed by atoms with Gasteiger partial charge in [0.15, 0.2) is 0 Å². The van der Waals surface area contributed by atoms with Gasteiger partial charge in [0.25, 0.3) is 5.56 Å². The highest BCUT2D eigenvalue weighted by Crippen LogP contribution is 2.30. The number of aryl methyl sites for hydroxylation is 1. The van der Waals surface area contributed by atoms with Crippen LogP contribution < -0.4 is 5.56 Å². The lowest BCUT2D eigenvalue weighted by Crippen LogP contribution is -2.44. The Morgan fingerprint density at radius 3 is 2.56 bits per heavy atom. The topological polar surface area (TPSA) is 71.3 Å². The molecule has 0 bridgehead atoms. The van der Waals surface area contributed by atoms with E-state index in [-0.39, 0.29) is 11.5 Å². The molecule has 0 unspecified atom stereocenters. The smallest absolute Gasteiger partial charge is 0.253 e. The molecular weight excluding hydrogens is 402 g/mol. The molecule has 0 aromatic carbocycles. The predicted molar refractivity (Wildman–Crippen MR) is 122 cm³/mol. The zero-order valence-electron chi connectivity index (χ0n) is 18.8. The maximum absolute atomic E-state index is 13.1. The molecule has 0 spiro atoms. The Labute approximate surface area is 189 Å². The van der Waals surface area contributed by atoms with E-state index in [0.717, 1.165) is 81.7 Å². The third-order valence-electron chi connectivity index (χ3n) is 7.16. The second kappa shape index (κ2) is 9.53. The molecule has 170 valence electrons. The Bertz CT molecular complexity index is 993. The third-order valence-corrected chi connectivity index (χ3v) is 7.16. The second-order valence-electron chi connectivity index (χ2n) is 9.56. The normalized spacial score (nSPS) is 19.9. The number of rotatable bonds is 6. The molecule has 2 fully saturated rings. The Morgan fingerprint density at radius 2 is 1.81 bits per heavy atom. The van der Waals surface area contributed by atoms with E-state index in [1.807, 2.05) is 16.7 Å². The number of nitrogens with zero attached hydrogens (tertiary/aromatic N) is 5. The van der Waals surface area contributed by atoms with E-state index in [1.165, 1.54) is 6.42 Å². The number of fused-ring (bicyclic) bond motifs is 1. The van der Waals surface area contributed by atoms with Crippen LogP contribution in [0.2, 0.25) is 0 Å². The largest absolute Gasteiger partial charge is 0.334 e. The van der Waals surface area contributed by atoms with Crippen molar-refractivity contribution in [1.29, 1.82) is 0 Å². The van der Waals surface area contributed by atoms with Gasteiger partial charge in [-0.15, -0.1) is 0 Å². The van der Waals surface area contributed by atoms with Gasteiger partial charge in [0.1, 0.15) is 5.82 Å². The van der Waals surface area contributed by atoms with Gasteiger partial charge >= 0.3 is 0 Å². The van der Waals surface area contributed by atoms with Gasteiger partial charge in [-0.3, -0.25) is 24.0 Å². The highest BCUT2D eigenvalue weighted by molar-refractivity contribution is 5.79. The average Bonchev–Trinajstić information content (AvgIpc) is 3.66. The Morgan fingerprint density at radius 1 is 1.03 bits per heavy atom. The minimum absolute atomic E-state index is 0.112. The van der Waals surface area contributed by atoms with Crippen molar-refractivity contribution in [2.75, 3.05) is 19.6 Å². The van der Waals surface area contributed by atoms with E-state index in [2.05, 4.69) is 14.8 Å². The van der Waals surface area contributed by atoms with Crippen molar-refractivity contribution in [2.45, 2.75) is 76.4 Å². The van der Waals surface area contributed by atoms with Crippen LogP contribution in [-0.2, 0) is 24.3 Å². The van der Waals surface area contributed by atoms with Gasteiger partial charge in [-0.2, -0.15) is 0 Å². The summed E-state index contributed by atoms with van der Waals surface area (Å²) in [5.74, 6) is 1.52. The number of pyridine rings is 1. The van der Waals surface area contributed by atoms with Crippen LogP contribution in [0.3, 0.4) is 0 Å². The molecule has 1 aliphatic carbocycles. The van der Waals surface area contributed by atoms with Gasteiger partial charge in [-0.25, -0.2) is 4.98 Å². The van der Waals surface area contributed by atoms with Crippen LogP contribution in [0.1, 0.15) is 67.9 Å². The first kappa shape index (κ1) is 21.3. The van der Waals surface area contributed by atoms with Crippen molar-refractivity contribution in [3.05, 3.63) is 58.0 Å². The molecule has 2 aromatic heterocycles. The van der Waals surface area contributed by atoms with Crippen molar-refractivity contribution < 1.29 is 4.79 Å². The summed E-state index contributed by atoms with van der Waals surface area (Å²) >= 11 is 0. The molecule has 3 aliphatic rings. The number of piperidine rings is 1. The van der Waals surface area contributed by atoms with Crippen LogP contribution in [0.15, 0.2) is 35.4 Å². The van der Waals surface area contributed by atoms with Crippen LogP contribution in [0.5, 0.6) is 0 Å². The zero-order valence-corrected chi connectivity index (χ0v) is 18.8. The highest BCUT2D eigenvalue weighted by atomic mass is 16.2. The lowest BCUT2D eigenvalue weighted by molar-refractivity contribution is -0.133. The van der Waals surface area contributed by atoms with Crippen molar-refractivity contribution in [2.24, 2.45) is 0 Å². The molecule has 2 aliphatic heterocycles. The van der Waals surface area contributed by atoms with Gasteiger partial charge in [-0.05, 0) is 69.3 Å². The number of carbonyl (C=O) groups is 1. The molecule has 1 amide bonds. The summed E-state index contributed by atoms with van der Waals surface area (Å²) in [6, 6.07) is 6.14. The maximum atomic E-state index is 13.1. The molecule has 0 radical (unpaired) electrons. The van der Waals surface area contributed by atoms with Crippen LogP contribution in [0.25, 0.3) is 0 Å². The number of amides is 1. The summed E-state index contributed by atoms with van der Waals surface area (Å²) in [6.07, 6.45) is 12.0. The number of hydrogen-bond donors (Lipinski definition) is 0. The fraction of sp³-hybridized carbons (Fsp3) is 0.600. The zero-order chi connectivity index (χ0) is 21.9. The summed E-state index contributed by atoms with van der Waals surface area (Å²) in [7, 11) is 0. The van der Waals surface area contributed by atoms with Gasteiger partial charge in [0, 0.05) is 49.9 Å². The molecule has 7 nitrogen and oxygen atoms in total. The van der Waals surface area contributed by atoms with E-state index < -0.39 is 0 Å². The summed E-state index contributed by atoms with van der Waals surface area (Å²) in [5.41, 5.74) is 2.21. The number of hydrogen-bond acceptors (Lipinski definition) is 5. The van der Waals surface area contributed by atoms with Gasteiger partial charge in [-0.1, -0.05) is 6.42 Å². The van der Waals surface area contributed by atoms with Crippen molar-refractivity contribution >= 4 is 5.91 Å². The summed E-state index contributed by atoms with van der Waals surface area (Å²) in [5, 5.41) is 0. The third kappa shape index (κ3) is 4.93. The number of carbonyl (C=O) groups excluding carboxylic acids is 1. The van der Waals surface area contributed by atoms with Crippen molar-refractivity contribution in [1.82, 2.24) is 24.3 Å². The molecule has 1 saturated heterocycles. The summed E-state index contributed by atoms with van der Waals surface area (Å²) < 4.78 is 1.87. The monoisotopic (exact) mass is 435 g/mol. The maximum Gasteiger partial charge on any atom is 0.253 e. The van der Waals surface area contributed by atoms with E-state index in [0.29, 0.717) is 25.0 Å².